The zero-order chi connectivity index (χ0) is 12.7. The zero-order valence-corrected chi connectivity index (χ0v) is 11.6. The molecule has 0 spiro atoms. The van der Waals surface area contributed by atoms with Gasteiger partial charge in [0.1, 0.15) is 5.15 Å². The summed E-state index contributed by atoms with van der Waals surface area (Å²) in [6.07, 6.45) is 5.10. The predicted molar refractivity (Wildman–Crippen MR) is 73.3 cm³/mol. The van der Waals surface area contributed by atoms with Crippen molar-refractivity contribution in [2.75, 3.05) is 0 Å². The maximum absolute atomic E-state index is 6.32. The van der Waals surface area contributed by atoms with Gasteiger partial charge in [0.15, 0.2) is 5.65 Å². The topological polar surface area (TPSA) is 30.2 Å². The quantitative estimate of drug-likeness (QED) is 0.762. The number of halogens is 1. The average Bonchev–Trinajstić information content (AvgIpc) is 2.97. The van der Waals surface area contributed by atoms with E-state index in [0.29, 0.717) is 17.0 Å². The van der Waals surface area contributed by atoms with Crippen molar-refractivity contribution >= 4 is 17.2 Å². The first-order chi connectivity index (χ1) is 8.65. The largest absolute Gasteiger partial charge is 0.233 e. The molecule has 0 atom stereocenters. The molecule has 3 nitrogen and oxygen atoms in total. The van der Waals surface area contributed by atoms with Crippen LogP contribution in [-0.2, 0) is 0 Å². The van der Waals surface area contributed by atoms with E-state index in [4.69, 9.17) is 16.6 Å². The summed E-state index contributed by atoms with van der Waals surface area (Å²) in [5.74, 6) is 0.989. The van der Waals surface area contributed by atoms with Gasteiger partial charge in [0, 0.05) is 17.7 Å². The van der Waals surface area contributed by atoms with Gasteiger partial charge in [0.25, 0.3) is 0 Å². The van der Waals surface area contributed by atoms with E-state index in [1.54, 1.807) is 4.52 Å². The third kappa shape index (κ3) is 2.01. The van der Waals surface area contributed by atoms with E-state index < -0.39 is 0 Å². The smallest absolute Gasteiger partial charge is 0.157 e. The van der Waals surface area contributed by atoms with Gasteiger partial charge in [-0.05, 0) is 24.8 Å². The number of hydrogen-bond acceptors (Lipinski definition) is 2. The summed E-state index contributed by atoms with van der Waals surface area (Å²) >= 11 is 6.32. The van der Waals surface area contributed by atoms with Crippen LogP contribution in [0.3, 0.4) is 0 Å². The lowest BCUT2D eigenvalue weighted by Crippen LogP contribution is -2.01. The van der Waals surface area contributed by atoms with Crippen molar-refractivity contribution < 1.29 is 0 Å². The molecule has 2 aromatic heterocycles. The summed E-state index contributed by atoms with van der Waals surface area (Å²) in [6.45, 7) is 4.26. The number of nitrogens with zero attached hydrogens (tertiary/aromatic N) is 3. The Labute approximate surface area is 112 Å². The lowest BCUT2D eigenvalue weighted by Gasteiger charge is -2.09. The Hall–Kier alpha value is -1.09. The number of rotatable bonds is 2. The number of hydrogen-bond donors (Lipinski definition) is 0. The molecule has 0 aromatic carbocycles. The molecule has 3 rings (SSSR count). The Bertz CT molecular complexity index is 568. The van der Waals surface area contributed by atoms with Crippen molar-refractivity contribution in [2.45, 2.75) is 51.4 Å². The van der Waals surface area contributed by atoms with E-state index >= 15 is 0 Å². The molecule has 4 heteroatoms. The molecular formula is C14H18ClN3. The molecule has 1 aliphatic rings. The number of fused-ring (bicyclic) bond motifs is 1. The first kappa shape index (κ1) is 12.0. The van der Waals surface area contributed by atoms with Crippen LogP contribution in [-0.4, -0.2) is 14.6 Å². The molecule has 1 fully saturated rings. The fourth-order valence-electron chi connectivity index (χ4n) is 2.69. The van der Waals surface area contributed by atoms with Gasteiger partial charge >= 0.3 is 0 Å². The van der Waals surface area contributed by atoms with Crippen molar-refractivity contribution in [2.24, 2.45) is 0 Å². The van der Waals surface area contributed by atoms with Crippen molar-refractivity contribution in [3.63, 3.8) is 0 Å². The summed E-state index contributed by atoms with van der Waals surface area (Å²) in [4.78, 5) is 4.74. The summed E-state index contributed by atoms with van der Waals surface area (Å²) in [7, 11) is 0. The second kappa shape index (κ2) is 4.54. The van der Waals surface area contributed by atoms with E-state index in [-0.39, 0.29) is 0 Å². The number of aromatic nitrogens is 3. The minimum absolute atomic E-state index is 0.401. The third-order valence-electron chi connectivity index (χ3n) is 3.79. The monoisotopic (exact) mass is 263 g/mol. The Morgan fingerprint density at radius 2 is 2.00 bits per heavy atom. The maximum atomic E-state index is 6.32. The first-order valence-corrected chi connectivity index (χ1v) is 7.09. The average molecular weight is 264 g/mol. The molecular weight excluding hydrogens is 246 g/mol. The fraction of sp³-hybridized carbons (Fsp3) is 0.571. The second-order valence-electron chi connectivity index (χ2n) is 5.48. The molecule has 18 heavy (non-hydrogen) atoms. The van der Waals surface area contributed by atoms with Crippen molar-refractivity contribution in [1.29, 1.82) is 0 Å². The normalized spacial score (nSPS) is 17.1. The summed E-state index contributed by atoms with van der Waals surface area (Å²) in [5.41, 5.74) is 3.07. The second-order valence-corrected chi connectivity index (χ2v) is 5.87. The lowest BCUT2D eigenvalue weighted by molar-refractivity contribution is 0.693. The molecule has 0 N–H and O–H groups in total. The van der Waals surface area contributed by atoms with E-state index in [9.17, 15) is 0 Å². The zero-order valence-electron chi connectivity index (χ0n) is 10.9. The van der Waals surface area contributed by atoms with Gasteiger partial charge in [-0.25, -0.2) is 9.50 Å². The van der Waals surface area contributed by atoms with Crippen LogP contribution >= 0.6 is 11.6 Å². The van der Waals surface area contributed by atoms with Gasteiger partial charge in [0.2, 0.25) is 0 Å². The van der Waals surface area contributed by atoms with Crippen LogP contribution in [0.2, 0.25) is 5.15 Å². The van der Waals surface area contributed by atoms with E-state index in [0.717, 1.165) is 17.0 Å². The van der Waals surface area contributed by atoms with Crippen LogP contribution in [0.25, 0.3) is 5.65 Å². The van der Waals surface area contributed by atoms with Crippen LogP contribution in [0.1, 0.15) is 62.8 Å². The third-order valence-corrected chi connectivity index (χ3v) is 4.06. The van der Waals surface area contributed by atoms with Gasteiger partial charge in [-0.2, -0.15) is 5.10 Å². The molecule has 0 amide bonds. The van der Waals surface area contributed by atoms with Crippen LogP contribution < -0.4 is 0 Å². The van der Waals surface area contributed by atoms with Gasteiger partial charge in [-0.1, -0.05) is 38.3 Å². The molecule has 96 valence electrons. The van der Waals surface area contributed by atoms with Gasteiger partial charge < -0.3 is 0 Å². The molecule has 0 unspecified atom stereocenters. The first-order valence-electron chi connectivity index (χ1n) is 6.71. The molecule has 0 radical (unpaired) electrons. The highest BCUT2D eigenvalue weighted by atomic mass is 35.5. The highest BCUT2D eigenvalue weighted by molar-refractivity contribution is 6.29. The lowest BCUT2D eigenvalue weighted by atomic mass is 10.0. The highest BCUT2D eigenvalue weighted by Gasteiger charge is 2.20. The molecule has 1 saturated carbocycles. The molecule has 2 heterocycles. The maximum Gasteiger partial charge on any atom is 0.157 e. The summed E-state index contributed by atoms with van der Waals surface area (Å²) in [5, 5.41) is 5.18. The Morgan fingerprint density at radius 3 is 2.67 bits per heavy atom. The van der Waals surface area contributed by atoms with Crippen LogP contribution in [0.4, 0.5) is 0 Å². The van der Waals surface area contributed by atoms with Gasteiger partial charge in [-0.15, -0.1) is 0 Å². The van der Waals surface area contributed by atoms with Crippen molar-refractivity contribution in [1.82, 2.24) is 14.6 Å². The fourth-order valence-corrected chi connectivity index (χ4v) is 2.92. The summed E-state index contributed by atoms with van der Waals surface area (Å²) in [6, 6.07) is 4.04. The standard InChI is InChI=1S/C14H18ClN3/c1-9(2)11-8-14-16-12(10-5-3-4-6-10)7-13(15)18(14)17-11/h7-10H,3-6H2,1-2H3. The molecule has 0 bridgehead atoms. The predicted octanol–water partition coefficient (Wildman–Crippen LogP) is 4.16. The van der Waals surface area contributed by atoms with E-state index in [2.05, 4.69) is 25.0 Å². The van der Waals surface area contributed by atoms with Crippen LogP contribution in [0.5, 0.6) is 0 Å². The molecule has 0 aliphatic heterocycles. The Balaban J connectivity index is 2.08. The van der Waals surface area contributed by atoms with Gasteiger partial charge in [0.05, 0.1) is 5.69 Å². The van der Waals surface area contributed by atoms with Crippen molar-refractivity contribution in [3.8, 4) is 0 Å². The van der Waals surface area contributed by atoms with Crippen molar-refractivity contribution in [3.05, 3.63) is 28.7 Å². The van der Waals surface area contributed by atoms with E-state index in [1.165, 1.54) is 25.7 Å². The molecule has 1 aliphatic carbocycles. The Morgan fingerprint density at radius 1 is 1.28 bits per heavy atom. The van der Waals surface area contributed by atoms with Crippen LogP contribution in [0.15, 0.2) is 12.1 Å². The SMILES string of the molecule is CC(C)c1cc2nc(C3CCCC3)cc(Cl)n2n1. The van der Waals surface area contributed by atoms with Crippen LogP contribution in [0, 0.1) is 0 Å². The summed E-state index contributed by atoms with van der Waals surface area (Å²) < 4.78 is 1.75. The highest BCUT2D eigenvalue weighted by Crippen LogP contribution is 2.34. The Kier molecular flexibility index (Phi) is 3.02. The van der Waals surface area contributed by atoms with Gasteiger partial charge in [-0.3, -0.25) is 0 Å². The molecule has 0 saturated heterocycles. The molecule has 2 aromatic rings. The minimum Gasteiger partial charge on any atom is -0.233 e. The van der Waals surface area contributed by atoms with E-state index in [1.807, 2.05) is 6.07 Å². The minimum atomic E-state index is 0.401.